The number of hydrogen-bond donors (Lipinski definition) is 0. The van der Waals surface area contributed by atoms with Gasteiger partial charge in [-0.2, -0.15) is 35.8 Å². The summed E-state index contributed by atoms with van der Waals surface area (Å²) in [5.74, 6) is -12.1. The predicted octanol–water partition coefficient (Wildman–Crippen LogP) is 7.18. The van der Waals surface area contributed by atoms with Crippen molar-refractivity contribution >= 4 is 11.6 Å². The molecule has 0 aliphatic rings. The standard InChI is InChI=1S/C28H33F7N4O2/c1-7-14-41-18-12-10-17(11-13-18)23-19(15-22(40)38(8-2)9-3)24-36-20(25(4,5)6)16-21(39(24)37-23)26(29,30)27(31,32)28(33,34)35/h10-13,16H,7-9,14-15H2,1-6H3. The minimum Gasteiger partial charge on any atom is -0.494 e. The van der Waals surface area contributed by atoms with Crippen molar-refractivity contribution in [1.82, 2.24) is 19.5 Å². The molecule has 0 aliphatic carbocycles. The van der Waals surface area contributed by atoms with Crippen LogP contribution in [0.3, 0.4) is 0 Å². The smallest absolute Gasteiger partial charge is 0.460 e. The molecule has 0 unspecified atom stereocenters. The van der Waals surface area contributed by atoms with E-state index < -0.39 is 47.1 Å². The Kier molecular flexibility index (Phi) is 9.00. The van der Waals surface area contributed by atoms with E-state index in [1.807, 2.05) is 6.92 Å². The molecule has 41 heavy (non-hydrogen) atoms. The topological polar surface area (TPSA) is 59.7 Å². The quantitative estimate of drug-likeness (QED) is 0.235. The van der Waals surface area contributed by atoms with Crippen molar-refractivity contribution in [3.8, 4) is 17.0 Å². The van der Waals surface area contributed by atoms with Gasteiger partial charge in [0.15, 0.2) is 5.65 Å². The fourth-order valence-electron chi connectivity index (χ4n) is 4.17. The Morgan fingerprint density at radius 2 is 1.54 bits per heavy atom. The molecule has 0 radical (unpaired) electrons. The molecule has 1 amide bonds. The lowest BCUT2D eigenvalue weighted by Crippen LogP contribution is -2.51. The summed E-state index contributed by atoms with van der Waals surface area (Å²) in [6.07, 6.45) is -6.22. The number of aromatic nitrogens is 3. The number of ether oxygens (including phenoxy) is 1. The number of rotatable bonds is 10. The molecule has 0 saturated carbocycles. The van der Waals surface area contributed by atoms with Crippen molar-refractivity contribution in [2.45, 2.75) is 77.8 Å². The lowest BCUT2D eigenvalue weighted by atomic mass is 9.90. The van der Waals surface area contributed by atoms with Gasteiger partial charge in [-0.15, -0.1) is 0 Å². The first-order valence-electron chi connectivity index (χ1n) is 13.2. The molecule has 0 fully saturated rings. The highest BCUT2D eigenvalue weighted by Gasteiger charge is 2.74. The van der Waals surface area contributed by atoms with Gasteiger partial charge in [0.25, 0.3) is 0 Å². The van der Waals surface area contributed by atoms with Crippen LogP contribution >= 0.6 is 0 Å². The lowest BCUT2D eigenvalue weighted by Gasteiger charge is -2.29. The molecule has 6 nitrogen and oxygen atoms in total. The van der Waals surface area contributed by atoms with E-state index in [1.165, 1.54) is 17.0 Å². The molecule has 3 aromatic rings. The zero-order valence-electron chi connectivity index (χ0n) is 23.7. The van der Waals surface area contributed by atoms with Crippen LogP contribution in [0.2, 0.25) is 0 Å². The van der Waals surface area contributed by atoms with Crippen LogP contribution in [-0.4, -0.2) is 57.2 Å². The highest BCUT2D eigenvalue weighted by molar-refractivity contribution is 5.85. The molecule has 3 rings (SSSR count). The zero-order chi connectivity index (χ0) is 31.0. The van der Waals surface area contributed by atoms with Crippen LogP contribution in [0.5, 0.6) is 5.75 Å². The van der Waals surface area contributed by atoms with Crippen LogP contribution in [0.15, 0.2) is 30.3 Å². The van der Waals surface area contributed by atoms with Crippen LogP contribution in [-0.2, 0) is 22.6 Å². The maximum atomic E-state index is 15.3. The SMILES string of the molecule is CCCOc1ccc(-c2nn3c(C(F)(F)C(F)(F)C(F)(F)F)cc(C(C)(C)C)nc3c2CC(=O)N(CC)CC)cc1. The van der Waals surface area contributed by atoms with E-state index in [-0.39, 0.29) is 17.0 Å². The van der Waals surface area contributed by atoms with Crippen LogP contribution in [0.4, 0.5) is 30.7 Å². The third kappa shape index (κ3) is 6.13. The average molecular weight is 591 g/mol. The minimum atomic E-state index is -6.56. The molecule has 0 aliphatic heterocycles. The van der Waals surface area contributed by atoms with Crippen LogP contribution < -0.4 is 4.74 Å². The molecular weight excluding hydrogens is 557 g/mol. The highest BCUT2D eigenvalue weighted by Crippen LogP contribution is 2.52. The summed E-state index contributed by atoms with van der Waals surface area (Å²) < 4.78 is 105. The number of alkyl halides is 7. The second-order valence-corrected chi connectivity index (χ2v) is 10.6. The number of halogens is 7. The number of benzene rings is 1. The molecule has 0 spiro atoms. The van der Waals surface area contributed by atoms with E-state index in [4.69, 9.17) is 4.74 Å². The Morgan fingerprint density at radius 1 is 0.951 bits per heavy atom. The number of fused-ring (bicyclic) bond motifs is 1. The van der Waals surface area contributed by atoms with Gasteiger partial charge >= 0.3 is 18.0 Å². The summed E-state index contributed by atoms with van der Waals surface area (Å²) in [7, 11) is 0. The van der Waals surface area contributed by atoms with Gasteiger partial charge in [0.05, 0.1) is 24.4 Å². The van der Waals surface area contributed by atoms with Crippen molar-refractivity contribution in [3.05, 3.63) is 47.3 Å². The number of likely N-dealkylation sites (N-methyl/N-ethyl adjacent to an activating group) is 1. The van der Waals surface area contributed by atoms with Crippen molar-refractivity contribution < 1.29 is 40.3 Å². The Hall–Kier alpha value is -3.38. The highest BCUT2D eigenvalue weighted by atomic mass is 19.4. The predicted molar refractivity (Wildman–Crippen MR) is 139 cm³/mol. The Bertz CT molecular complexity index is 1370. The van der Waals surface area contributed by atoms with E-state index in [9.17, 15) is 26.7 Å². The van der Waals surface area contributed by atoms with Gasteiger partial charge in [-0.25, -0.2) is 9.50 Å². The van der Waals surface area contributed by atoms with E-state index in [0.29, 0.717) is 41.6 Å². The van der Waals surface area contributed by atoms with Gasteiger partial charge in [0, 0.05) is 29.6 Å². The summed E-state index contributed by atoms with van der Waals surface area (Å²) in [4.78, 5) is 19.0. The lowest BCUT2D eigenvalue weighted by molar-refractivity contribution is -0.360. The molecule has 2 aromatic heterocycles. The fraction of sp³-hybridized carbons (Fsp3) is 0.536. The summed E-state index contributed by atoms with van der Waals surface area (Å²) in [6.45, 7) is 11.1. The Labute approximate surface area is 233 Å². The first kappa shape index (κ1) is 32.1. The zero-order valence-corrected chi connectivity index (χ0v) is 23.7. The molecule has 0 saturated heterocycles. The van der Waals surface area contributed by atoms with E-state index in [0.717, 1.165) is 6.42 Å². The molecule has 0 bridgehead atoms. The number of carbonyl (C=O) groups is 1. The average Bonchev–Trinajstić information content (AvgIpc) is 3.24. The molecule has 1 aromatic carbocycles. The Balaban J connectivity index is 2.40. The summed E-state index contributed by atoms with van der Waals surface area (Å²) in [6, 6.07) is 6.73. The molecule has 0 atom stereocenters. The van der Waals surface area contributed by atoms with Gasteiger partial charge in [0.1, 0.15) is 11.4 Å². The van der Waals surface area contributed by atoms with Gasteiger partial charge in [-0.1, -0.05) is 27.7 Å². The second-order valence-electron chi connectivity index (χ2n) is 10.6. The first-order chi connectivity index (χ1) is 18.9. The summed E-state index contributed by atoms with van der Waals surface area (Å²) in [5.41, 5.74) is -3.06. The molecule has 226 valence electrons. The number of hydrogen-bond acceptors (Lipinski definition) is 4. The molecule has 13 heteroatoms. The molecular formula is C28H33F7N4O2. The number of carbonyl (C=O) groups excluding carboxylic acids is 1. The monoisotopic (exact) mass is 590 g/mol. The van der Waals surface area contributed by atoms with Crippen molar-refractivity contribution in [1.29, 1.82) is 0 Å². The van der Waals surface area contributed by atoms with E-state index >= 15 is 8.78 Å². The second kappa shape index (κ2) is 11.5. The van der Waals surface area contributed by atoms with Crippen LogP contribution in [0, 0.1) is 0 Å². The van der Waals surface area contributed by atoms with Gasteiger partial charge < -0.3 is 9.64 Å². The normalized spacial score (nSPS) is 13.1. The number of nitrogens with zero attached hydrogens (tertiary/aromatic N) is 4. The fourth-order valence-corrected chi connectivity index (χ4v) is 4.17. The van der Waals surface area contributed by atoms with Crippen molar-refractivity contribution in [3.63, 3.8) is 0 Å². The van der Waals surface area contributed by atoms with Crippen molar-refractivity contribution in [2.24, 2.45) is 0 Å². The summed E-state index contributed by atoms with van der Waals surface area (Å²) in [5, 5.41) is 4.09. The van der Waals surface area contributed by atoms with E-state index in [1.54, 1.807) is 46.8 Å². The van der Waals surface area contributed by atoms with Crippen LogP contribution in [0.25, 0.3) is 16.9 Å². The maximum Gasteiger partial charge on any atom is 0.460 e. The first-order valence-corrected chi connectivity index (χ1v) is 13.2. The summed E-state index contributed by atoms with van der Waals surface area (Å²) >= 11 is 0. The maximum absolute atomic E-state index is 15.3. The van der Waals surface area contributed by atoms with Crippen molar-refractivity contribution in [2.75, 3.05) is 19.7 Å². The molecule has 0 N–H and O–H groups in total. The third-order valence-electron chi connectivity index (χ3n) is 6.57. The minimum absolute atomic E-state index is 0.0163. The third-order valence-corrected chi connectivity index (χ3v) is 6.57. The van der Waals surface area contributed by atoms with Crippen LogP contribution in [0.1, 0.15) is 64.9 Å². The Morgan fingerprint density at radius 3 is 2.02 bits per heavy atom. The van der Waals surface area contributed by atoms with Gasteiger partial charge in [-0.3, -0.25) is 4.79 Å². The van der Waals surface area contributed by atoms with Gasteiger partial charge in [0.2, 0.25) is 5.91 Å². The van der Waals surface area contributed by atoms with E-state index in [2.05, 4.69) is 10.1 Å². The van der Waals surface area contributed by atoms with Gasteiger partial charge in [-0.05, 0) is 50.6 Å². The molecule has 2 heterocycles. The number of amides is 1. The largest absolute Gasteiger partial charge is 0.494 e.